The Hall–Kier alpha value is -2.82. The molecule has 4 nitrogen and oxygen atoms in total. The topological polar surface area (TPSA) is 104 Å². The fourth-order valence-corrected chi connectivity index (χ4v) is 3.46. The average molecular weight is 302 g/mol. The van der Waals surface area contributed by atoms with E-state index < -0.39 is 5.66 Å². The highest BCUT2D eigenvalue weighted by Gasteiger charge is 2.39. The number of fused-ring (bicyclic) bond motifs is 3. The number of nitrogens with two attached hydrogens (primary N) is 4. The summed E-state index contributed by atoms with van der Waals surface area (Å²) in [5.41, 5.74) is 31.1. The summed E-state index contributed by atoms with van der Waals surface area (Å²) in [6.07, 6.45) is 0. The summed E-state index contributed by atoms with van der Waals surface area (Å²) in [5, 5.41) is 0. The second-order valence-corrected chi connectivity index (χ2v) is 5.99. The Bertz CT molecular complexity index is 914. The quantitative estimate of drug-likeness (QED) is 0.409. The fourth-order valence-electron chi connectivity index (χ4n) is 3.46. The molecule has 0 aliphatic heterocycles. The molecule has 4 rings (SSSR count). The van der Waals surface area contributed by atoms with Crippen LogP contribution in [0.15, 0.2) is 60.7 Å². The van der Waals surface area contributed by atoms with Crippen LogP contribution in [0.3, 0.4) is 0 Å². The van der Waals surface area contributed by atoms with Gasteiger partial charge in [0.05, 0.1) is 0 Å². The first kappa shape index (κ1) is 13.8. The predicted octanol–water partition coefficient (Wildman–Crippen LogP) is 2.62. The summed E-state index contributed by atoms with van der Waals surface area (Å²) in [6.45, 7) is 0. The van der Waals surface area contributed by atoms with Gasteiger partial charge >= 0.3 is 0 Å². The van der Waals surface area contributed by atoms with E-state index in [1.54, 1.807) is 0 Å². The van der Waals surface area contributed by atoms with Gasteiger partial charge in [0.25, 0.3) is 0 Å². The van der Waals surface area contributed by atoms with Crippen LogP contribution in [0.1, 0.15) is 11.1 Å². The normalized spacial score (nSPS) is 14.3. The second kappa shape index (κ2) is 4.59. The Balaban J connectivity index is 2.09. The molecule has 8 N–H and O–H groups in total. The number of rotatable bonds is 1. The van der Waals surface area contributed by atoms with E-state index in [0.29, 0.717) is 11.4 Å². The third-order valence-electron chi connectivity index (χ3n) is 4.49. The lowest BCUT2D eigenvalue weighted by Crippen LogP contribution is -2.45. The van der Waals surface area contributed by atoms with Gasteiger partial charge in [-0.1, -0.05) is 42.5 Å². The molecule has 23 heavy (non-hydrogen) atoms. The molecule has 0 aromatic heterocycles. The van der Waals surface area contributed by atoms with Crippen molar-refractivity contribution in [1.82, 2.24) is 0 Å². The van der Waals surface area contributed by atoms with Crippen LogP contribution in [0.2, 0.25) is 0 Å². The molecular formula is C19H18N4. The third-order valence-corrected chi connectivity index (χ3v) is 4.49. The number of hydrogen-bond acceptors (Lipinski definition) is 4. The van der Waals surface area contributed by atoms with Crippen LogP contribution < -0.4 is 22.9 Å². The minimum absolute atomic E-state index is 0.645. The lowest BCUT2D eigenvalue weighted by molar-refractivity contribution is 0.586. The molecule has 0 unspecified atom stereocenters. The summed E-state index contributed by atoms with van der Waals surface area (Å²) >= 11 is 0. The maximum Gasteiger partial charge on any atom is 0.118 e. The van der Waals surface area contributed by atoms with Crippen molar-refractivity contribution in [2.75, 3.05) is 11.5 Å². The molecule has 0 saturated heterocycles. The van der Waals surface area contributed by atoms with Crippen LogP contribution in [0.4, 0.5) is 11.4 Å². The molecule has 0 spiro atoms. The van der Waals surface area contributed by atoms with E-state index in [2.05, 4.69) is 0 Å². The number of nitrogen functional groups attached to an aromatic ring is 2. The van der Waals surface area contributed by atoms with Crippen molar-refractivity contribution in [1.29, 1.82) is 0 Å². The maximum atomic E-state index is 6.54. The molecule has 0 amide bonds. The standard InChI is InChI=1S/C19H18N4/c20-12-6-7-13-14-8-9-16(21)17(11-4-2-1-3-5-11)18(14)19(22,23)15(13)10-12/h1-10H,20-23H2. The summed E-state index contributed by atoms with van der Waals surface area (Å²) in [7, 11) is 0. The zero-order chi connectivity index (χ0) is 16.2. The SMILES string of the molecule is Nc1ccc2c(c1)C(N)(N)c1c-2ccc(N)c1-c1ccccc1. The highest BCUT2D eigenvalue weighted by molar-refractivity contribution is 5.93. The Morgan fingerprint density at radius 1 is 0.739 bits per heavy atom. The van der Waals surface area contributed by atoms with Gasteiger partial charge in [0, 0.05) is 28.1 Å². The van der Waals surface area contributed by atoms with Gasteiger partial charge in [-0.25, -0.2) is 0 Å². The fraction of sp³-hybridized carbons (Fsp3) is 0.0526. The second-order valence-electron chi connectivity index (χ2n) is 5.99. The van der Waals surface area contributed by atoms with Crippen molar-refractivity contribution in [3.63, 3.8) is 0 Å². The first-order valence-electron chi connectivity index (χ1n) is 7.46. The molecule has 0 fully saturated rings. The van der Waals surface area contributed by atoms with E-state index in [9.17, 15) is 0 Å². The number of benzene rings is 3. The highest BCUT2D eigenvalue weighted by atomic mass is 15.0. The van der Waals surface area contributed by atoms with Crippen molar-refractivity contribution >= 4 is 11.4 Å². The molecule has 0 radical (unpaired) electrons. The molecular weight excluding hydrogens is 284 g/mol. The van der Waals surface area contributed by atoms with Crippen molar-refractivity contribution < 1.29 is 0 Å². The Kier molecular flexibility index (Phi) is 2.75. The van der Waals surface area contributed by atoms with Crippen molar-refractivity contribution in [3.05, 3.63) is 71.8 Å². The first-order chi connectivity index (χ1) is 11.0. The molecule has 4 heteroatoms. The van der Waals surface area contributed by atoms with Crippen molar-refractivity contribution in [2.24, 2.45) is 11.5 Å². The molecule has 3 aromatic carbocycles. The van der Waals surface area contributed by atoms with Crippen LogP contribution in [-0.4, -0.2) is 0 Å². The van der Waals surface area contributed by atoms with Gasteiger partial charge in [-0.15, -0.1) is 0 Å². The monoisotopic (exact) mass is 302 g/mol. The van der Waals surface area contributed by atoms with E-state index >= 15 is 0 Å². The largest absolute Gasteiger partial charge is 0.399 e. The zero-order valence-electron chi connectivity index (χ0n) is 12.6. The summed E-state index contributed by atoms with van der Waals surface area (Å²) in [4.78, 5) is 0. The Labute approximate surface area is 134 Å². The van der Waals surface area contributed by atoms with E-state index in [1.165, 1.54) is 0 Å². The lowest BCUT2D eigenvalue weighted by Gasteiger charge is -2.25. The van der Waals surface area contributed by atoms with E-state index in [-0.39, 0.29) is 0 Å². The third kappa shape index (κ3) is 1.86. The minimum atomic E-state index is -1.12. The summed E-state index contributed by atoms with van der Waals surface area (Å²) < 4.78 is 0. The molecule has 0 heterocycles. The Morgan fingerprint density at radius 2 is 1.43 bits per heavy atom. The predicted molar refractivity (Wildman–Crippen MR) is 95.3 cm³/mol. The zero-order valence-corrected chi connectivity index (χ0v) is 12.6. The molecule has 0 saturated carbocycles. The summed E-state index contributed by atoms with van der Waals surface area (Å²) in [6, 6.07) is 19.5. The smallest absolute Gasteiger partial charge is 0.118 e. The van der Waals surface area contributed by atoms with Gasteiger partial charge in [-0.2, -0.15) is 0 Å². The van der Waals surface area contributed by atoms with Gasteiger partial charge < -0.3 is 22.9 Å². The van der Waals surface area contributed by atoms with Crippen molar-refractivity contribution in [2.45, 2.75) is 5.66 Å². The van der Waals surface area contributed by atoms with Gasteiger partial charge in [-0.05, 0) is 34.9 Å². The number of hydrogen-bond donors (Lipinski definition) is 4. The van der Waals surface area contributed by atoms with Crippen LogP contribution in [0.25, 0.3) is 22.3 Å². The highest BCUT2D eigenvalue weighted by Crippen LogP contribution is 2.49. The van der Waals surface area contributed by atoms with Crippen LogP contribution in [0.5, 0.6) is 0 Å². The average Bonchev–Trinajstić information content (AvgIpc) is 2.76. The van der Waals surface area contributed by atoms with Gasteiger partial charge in [0.2, 0.25) is 0 Å². The maximum absolute atomic E-state index is 6.54. The van der Waals surface area contributed by atoms with Crippen LogP contribution in [0, 0.1) is 0 Å². The van der Waals surface area contributed by atoms with Crippen LogP contribution in [-0.2, 0) is 5.66 Å². The van der Waals surface area contributed by atoms with Crippen LogP contribution >= 0.6 is 0 Å². The van der Waals surface area contributed by atoms with E-state index in [1.807, 2.05) is 60.7 Å². The number of anilines is 2. The van der Waals surface area contributed by atoms with E-state index in [0.717, 1.165) is 33.4 Å². The molecule has 0 bridgehead atoms. The molecule has 1 aliphatic rings. The van der Waals surface area contributed by atoms with Gasteiger partial charge in [0.15, 0.2) is 0 Å². The van der Waals surface area contributed by atoms with Crippen molar-refractivity contribution in [3.8, 4) is 22.3 Å². The Morgan fingerprint density at radius 3 is 2.17 bits per heavy atom. The first-order valence-corrected chi connectivity index (χ1v) is 7.46. The molecule has 114 valence electrons. The summed E-state index contributed by atoms with van der Waals surface area (Å²) in [5.74, 6) is 0. The minimum Gasteiger partial charge on any atom is -0.399 e. The molecule has 1 aliphatic carbocycles. The van der Waals surface area contributed by atoms with Gasteiger partial charge in [0.1, 0.15) is 5.66 Å². The lowest BCUT2D eigenvalue weighted by atomic mass is 9.89. The van der Waals surface area contributed by atoms with E-state index in [4.69, 9.17) is 22.9 Å². The molecule has 0 atom stereocenters. The molecule has 3 aromatic rings. The van der Waals surface area contributed by atoms with Gasteiger partial charge in [-0.3, -0.25) is 0 Å².